The summed E-state index contributed by atoms with van der Waals surface area (Å²) in [6.45, 7) is 4.96. The maximum Gasteiger partial charge on any atom is 0.404 e. The molecule has 2 N–H and O–H groups in total. The first-order chi connectivity index (χ1) is 6.08. The van der Waals surface area contributed by atoms with Crippen molar-refractivity contribution < 1.29 is 14.6 Å². The highest BCUT2D eigenvalue weighted by atomic mass is 16.6. The number of hydrogen-bond acceptors (Lipinski definition) is 2. The van der Waals surface area contributed by atoms with Crippen molar-refractivity contribution in [1.29, 1.82) is 0 Å². The molecular formula is C9H17NO3. The van der Waals surface area contributed by atoms with Crippen LogP contribution >= 0.6 is 0 Å². The average molecular weight is 187 g/mol. The average Bonchev–Trinajstić information content (AvgIpc) is 2.67. The Morgan fingerprint density at radius 2 is 2.31 bits per heavy atom. The minimum Gasteiger partial charge on any atom is -0.465 e. The molecule has 1 amide bonds. The molecule has 4 heteroatoms. The standard InChI is InChI=1S/C9H17NO3/c1-6(2)3-7(10-9(11)12)4-8-5-13-8/h6-8,10H,3-5H2,1-2H3,(H,11,12). The van der Waals surface area contributed by atoms with Gasteiger partial charge in [0.2, 0.25) is 0 Å². The lowest BCUT2D eigenvalue weighted by Gasteiger charge is -2.17. The van der Waals surface area contributed by atoms with E-state index in [0.29, 0.717) is 5.92 Å². The number of amides is 1. The molecule has 2 atom stereocenters. The molecule has 4 nitrogen and oxygen atoms in total. The minimum atomic E-state index is -0.939. The largest absolute Gasteiger partial charge is 0.465 e. The SMILES string of the molecule is CC(C)CC(CC1CO1)NC(=O)O. The van der Waals surface area contributed by atoms with Crippen molar-refractivity contribution in [3.8, 4) is 0 Å². The van der Waals surface area contributed by atoms with Gasteiger partial charge in [-0.25, -0.2) is 4.79 Å². The van der Waals surface area contributed by atoms with Crippen LogP contribution in [0.3, 0.4) is 0 Å². The Hall–Kier alpha value is -0.770. The zero-order chi connectivity index (χ0) is 9.84. The lowest BCUT2D eigenvalue weighted by atomic mass is 10.00. The number of epoxide rings is 1. The fraction of sp³-hybridized carbons (Fsp3) is 0.889. The number of hydrogen-bond donors (Lipinski definition) is 2. The molecule has 1 aliphatic rings. The van der Waals surface area contributed by atoms with Gasteiger partial charge in [0.25, 0.3) is 0 Å². The molecule has 0 bridgehead atoms. The summed E-state index contributed by atoms with van der Waals surface area (Å²) in [5.41, 5.74) is 0. The van der Waals surface area contributed by atoms with E-state index >= 15 is 0 Å². The van der Waals surface area contributed by atoms with Crippen molar-refractivity contribution in [2.24, 2.45) is 5.92 Å². The van der Waals surface area contributed by atoms with Crippen LogP contribution in [0.5, 0.6) is 0 Å². The molecule has 1 heterocycles. The second kappa shape index (κ2) is 4.46. The first-order valence-electron chi connectivity index (χ1n) is 4.69. The summed E-state index contributed by atoms with van der Waals surface area (Å²) in [6, 6.07) is 0.0463. The minimum absolute atomic E-state index is 0.0463. The quantitative estimate of drug-likeness (QED) is 0.640. The van der Waals surface area contributed by atoms with Crippen molar-refractivity contribution in [2.75, 3.05) is 6.61 Å². The van der Waals surface area contributed by atoms with Gasteiger partial charge in [-0.1, -0.05) is 13.8 Å². The highest BCUT2D eigenvalue weighted by Gasteiger charge is 2.27. The molecule has 1 saturated heterocycles. The maximum absolute atomic E-state index is 10.4. The topological polar surface area (TPSA) is 61.9 Å². The fourth-order valence-electron chi connectivity index (χ4n) is 1.48. The molecule has 0 aromatic heterocycles. The number of nitrogens with one attached hydrogen (secondary N) is 1. The molecule has 0 spiro atoms. The Bertz CT molecular complexity index is 174. The van der Waals surface area contributed by atoms with Gasteiger partial charge in [0.05, 0.1) is 12.7 Å². The van der Waals surface area contributed by atoms with Crippen LogP contribution in [0, 0.1) is 5.92 Å². The van der Waals surface area contributed by atoms with Crippen molar-refractivity contribution in [3.05, 3.63) is 0 Å². The van der Waals surface area contributed by atoms with Gasteiger partial charge in [0.15, 0.2) is 0 Å². The Morgan fingerprint density at radius 3 is 2.69 bits per heavy atom. The summed E-state index contributed by atoms with van der Waals surface area (Å²) < 4.78 is 5.07. The zero-order valence-electron chi connectivity index (χ0n) is 8.12. The summed E-state index contributed by atoms with van der Waals surface area (Å²) in [4.78, 5) is 10.4. The summed E-state index contributed by atoms with van der Waals surface area (Å²) in [5, 5.41) is 11.1. The summed E-state index contributed by atoms with van der Waals surface area (Å²) >= 11 is 0. The van der Waals surface area contributed by atoms with Gasteiger partial charge in [-0.3, -0.25) is 0 Å². The van der Waals surface area contributed by atoms with Gasteiger partial charge in [0.1, 0.15) is 0 Å². The van der Waals surface area contributed by atoms with Crippen LogP contribution in [0.2, 0.25) is 0 Å². The van der Waals surface area contributed by atoms with E-state index in [1.807, 2.05) is 0 Å². The van der Waals surface area contributed by atoms with Crippen molar-refractivity contribution >= 4 is 6.09 Å². The monoisotopic (exact) mass is 187 g/mol. The number of ether oxygens (including phenoxy) is 1. The molecule has 0 aromatic carbocycles. The first kappa shape index (κ1) is 10.3. The summed E-state index contributed by atoms with van der Waals surface area (Å²) in [7, 11) is 0. The normalized spacial score (nSPS) is 22.8. The third-order valence-electron chi connectivity index (χ3n) is 2.03. The van der Waals surface area contributed by atoms with E-state index in [4.69, 9.17) is 9.84 Å². The van der Waals surface area contributed by atoms with E-state index in [1.54, 1.807) is 0 Å². The van der Waals surface area contributed by atoms with E-state index in [-0.39, 0.29) is 12.1 Å². The first-order valence-corrected chi connectivity index (χ1v) is 4.69. The van der Waals surface area contributed by atoms with E-state index in [2.05, 4.69) is 19.2 Å². The molecule has 13 heavy (non-hydrogen) atoms. The van der Waals surface area contributed by atoms with Crippen molar-refractivity contribution in [2.45, 2.75) is 38.8 Å². The van der Waals surface area contributed by atoms with E-state index in [0.717, 1.165) is 19.4 Å². The lowest BCUT2D eigenvalue weighted by molar-refractivity contribution is 0.185. The molecule has 0 aliphatic carbocycles. The highest BCUT2D eigenvalue weighted by Crippen LogP contribution is 2.19. The van der Waals surface area contributed by atoms with E-state index < -0.39 is 6.09 Å². The predicted octanol–water partition coefficient (Wildman–Crippen LogP) is 1.46. The highest BCUT2D eigenvalue weighted by molar-refractivity contribution is 5.64. The van der Waals surface area contributed by atoms with Crippen molar-refractivity contribution in [3.63, 3.8) is 0 Å². The summed E-state index contributed by atoms with van der Waals surface area (Å²) in [6.07, 6.45) is 1.04. The van der Waals surface area contributed by atoms with Crippen LogP contribution in [0.25, 0.3) is 0 Å². The van der Waals surface area contributed by atoms with Gasteiger partial charge < -0.3 is 15.2 Å². The third kappa shape index (κ3) is 4.72. The van der Waals surface area contributed by atoms with Gasteiger partial charge >= 0.3 is 6.09 Å². The molecule has 76 valence electrons. The van der Waals surface area contributed by atoms with Crippen molar-refractivity contribution in [1.82, 2.24) is 5.32 Å². The lowest BCUT2D eigenvalue weighted by Crippen LogP contribution is -2.35. The van der Waals surface area contributed by atoms with Crippen LogP contribution in [0.1, 0.15) is 26.7 Å². The van der Waals surface area contributed by atoms with Crippen LogP contribution in [-0.2, 0) is 4.74 Å². The molecule has 1 aliphatic heterocycles. The van der Waals surface area contributed by atoms with Crippen LogP contribution in [0.15, 0.2) is 0 Å². The van der Waals surface area contributed by atoms with E-state index in [9.17, 15) is 4.79 Å². The zero-order valence-corrected chi connectivity index (χ0v) is 8.12. The Labute approximate surface area is 78.3 Å². The third-order valence-corrected chi connectivity index (χ3v) is 2.03. The second-order valence-corrected chi connectivity index (χ2v) is 3.97. The Morgan fingerprint density at radius 1 is 1.69 bits per heavy atom. The summed E-state index contributed by atoms with van der Waals surface area (Å²) in [5.74, 6) is 0.510. The van der Waals surface area contributed by atoms with Gasteiger partial charge in [0, 0.05) is 6.04 Å². The molecule has 1 rings (SSSR count). The molecule has 1 fully saturated rings. The fourth-order valence-corrected chi connectivity index (χ4v) is 1.48. The number of carbonyl (C=O) groups is 1. The van der Waals surface area contributed by atoms with Crippen LogP contribution in [0.4, 0.5) is 4.79 Å². The van der Waals surface area contributed by atoms with Gasteiger partial charge in [-0.15, -0.1) is 0 Å². The molecule has 0 saturated carbocycles. The smallest absolute Gasteiger partial charge is 0.404 e. The maximum atomic E-state index is 10.4. The second-order valence-electron chi connectivity index (χ2n) is 3.97. The molecule has 0 aromatic rings. The van der Waals surface area contributed by atoms with Gasteiger partial charge in [-0.2, -0.15) is 0 Å². The van der Waals surface area contributed by atoms with Crippen LogP contribution in [-0.4, -0.2) is 30.0 Å². The van der Waals surface area contributed by atoms with E-state index in [1.165, 1.54) is 0 Å². The molecule has 0 radical (unpaired) electrons. The number of rotatable bonds is 5. The predicted molar refractivity (Wildman–Crippen MR) is 48.8 cm³/mol. The van der Waals surface area contributed by atoms with Gasteiger partial charge in [-0.05, 0) is 18.8 Å². The number of carboxylic acid groups (broad SMARTS) is 1. The Balaban J connectivity index is 2.27. The Kier molecular flexibility index (Phi) is 3.54. The molecular weight excluding hydrogens is 170 g/mol. The van der Waals surface area contributed by atoms with Crippen LogP contribution < -0.4 is 5.32 Å². The molecule has 2 unspecified atom stereocenters.